The molecule has 0 aliphatic carbocycles. The fourth-order valence-electron chi connectivity index (χ4n) is 2.91. The van der Waals surface area contributed by atoms with Crippen LogP contribution in [0.1, 0.15) is 81.1 Å². The van der Waals surface area contributed by atoms with Crippen LogP contribution in [0.2, 0.25) is 0 Å². The second-order valence-corrected chi connectivity index (χ2v) is 10.7. The minimum atomic E-state index is -3.27. The molecule has 2 unspecified atom stereocenters. The highest BCUT2D eigenvalue weighted by Crippen LogP contribution is 2.69. The minimum absolute atomic E-state index is 0.265. The van der Waals surface area contributed by atoms with Gasteiger partial charge in [-0.25, -0.2) is 0 Å². The van der Waals surface area contributed by atoms with Crippen LogP contribution in [0.3, 0.4) is 0 Å². The lowest BCUT2D eigenvalue weighted by molar-refractivity contribution is 0.301. The lowest BCUT2D eigenvalue weighted by Gasteiger charge is -2.46. The molecule has 0 saturated carbocycles. The molecule has 0 aromatic carbocycles. The van der Waals surface area contributed by atoms with Crippen molar-refractivity contribution in [2.75, 3.05) is 0 Å². The molecule has 0 heterocycles. The predicted molar refractivity (Wildman–Crippen MR) is 86.1 cm³/mol. The lowest BCUT2D eigenvalue weighted by atomic mass is 9.91. The molecule has 0 spiro atoms. The van der Waals surface area contributed by atoms with E-state index in [9.17, 15) is 9.46 Å². The number of hydrogen-bond donors (Lipinski definition) is 1. The van der Waals surface area contributed by atoms with Gasteiger partial charge in [-0.3, -0.25) is 4.57 Å². The molecule has 1 N–H and O–H groups in total. The van der Waals surface area contributed by atoms with E-state index in [4.69, 9.17) is 0 Å². The van der Waals surface area contributed by atoms with Crippen molar-refractivity contribution in [1.82, 2.24) is 0 Å². The van der Waals surface area contributed by atoms with Gasteiger partial charge in [0.25, 0.3) is 0 Å². The Labute approximate surface area is 120 Å². The molecule has 0 amide bonds. The summed E-state index contributed by atoms with van der Waals surface area (Å²) in [5, 5.41) is -1.04. The molecule has 0 rings (SSSR count). The summed E-state index contributed by atoms with van der Waals surface area (Å²) in [4.78, 5) is 10.9. The average Bonchev–Trinajstić information content (AvgIpc) is 2.28. The van der Waals surface area contributed by atoms with Gasteiger partial charge in [-0.2, -0.15) is 0 Å². The molecular formula is C16H35O2P. The predicted octanol–water partition coefficient (Wildman–Crippen LogP) is 5.69. The third kappa shape index (κ3) is 3.64. The van der Waals surface area contributed by atoms with Crippen LogP contribution in [0.25, 0.3) is 0 Å². The van der Waals surface area contributed by atoms with Crippen LogP contribution in [0.15, 0.2) is 0 Å². The molecule has 0 aliphatic rings. The summed E-state index contributed by atoms with van der Waals surface area (Å²) in [6.45, 7) is 16.4. The van der Waals surface area contributed by atoms with Gasteiger partial charge >= 0.3 is 0 Å². The third-order valence-electron chi connectivity index (χ3n) is 5.42. The lowest BCUT2D eigenvalue weighted by Crippen LogP contribution is -2.41. The number of hydrogen-bond acceptors (Lipinski definition) is 1. The van der Waals surface area contributed by atoms with Crippen LogP contribution in [0, 0.1) is 11.8 Å². The van der Waals surface area contributed by atoms with E-state index in [-0.39, 0.29) is 11.8 Å². The highest BCUT2D eigenvalue weighted by molar-refractivity contribution is 7.61. The zero-order valence-electron chi connectivity index (χ0n) is 14.3. The zero-order chi connectivity index (χ0) is 15.5. The minimum Gasteiger partial charge on any atom is -0.344 e. The smallest absolute Gasteiger partial charge is 0.211 e. The Morgan fingerprint density at radius 3 is 1.37 bits per heavy atom. The molecule has 0 bridgehead atoms. The maximum atomic E-state index is 13.2. The molecule has 0 aromatic rings. The van der Waals surface area contributed by atoms with Gasteiger partial charge in [0.05, 0.1) is 0 Å². The van der Waals surface area contributed by atoms with Crippen LogP contribution >= 0.6 is 7.37 Å². The summed E-state index contributed by atoms with van der Waals surface area (Å²) in [7, 11) is -3.27. The maximum absolute atomic E-state index is 13.2. The van der Waals surface area contributed by atoms with Crippen molar-refractivity contribution in [3.63, 3.8) is 0 Å². The first-order chi connectivity index (χ1) is 8.46. The van der Waals surface area contributed by atoms with E-state index in [0.717, 1.165) is 25.7 Å². The Balaban J connectivity index is 5.39. The molecule has 19 heavy (non-hydrogen) atoms. The van der Waals surface area contributed by atoms with E-state index < -0.39 is 17.7 Å². The Hall–Kier alpha value is 0.190. The monoisotopic (exact) mass is 290 g/mol. The van der Waals surface area contributed by atoms with Gasteiger partial charge in [0, 0.05) is 10.3 Å². The average molecular weight is 290 g/mol. The van der Waals surface area contributed by atoms with Gasteiger partial charge in [0.15, 0.2) is 0 Å². The molecule has 2 atom stereocenters. The SMILES string of the molecule is CCCC(C)C(C)(C)P(=O)(O)C(C)(C)C(C)CCC. The molecule has 0 fully saturated rings. The quantitative estimate of drug-likeness (QED) is 0.583. The molecule has 116 valence electrons. The van der Waals surface area contributed by atoms with Crippen molar-refractivity contribution in [1.29, 1.82) is 0 Å². The summed E-state index contributed by atoms with van der Waals surface area (Å²) in [5.41, 5.74) is 0. The first-order valence-electron chi connectivity index (χ1n) is 7.79. The molecule has 2 nitrogen and oxygen atoms in total. The van der Waals surface area contributed by atoms with Crippen molar-refractivity contribution >= 4 is 7.37 Å². The summed E-state index contributed by atoms with van der Waals surface area (Å²) in [6, 6.07) is 0. The van der Waals surface area contributed by atoms with Gasteiger partial charge < -0.3 is 4.89 Å². The van der Waals surface area contributed by atoms with Crippen LogP contribution in [-0.4, -0.2) is 15.2 Å². The van der Waals surface area contributed by atoms with Gasteiger partial charge in [-0.05, 0) is 24.7 Å². The topological polar surface area (TPSA) is 37.3 Å². The van der Waals surface area contributed by atoms with Gasteiger partial charge in [0.2, 0.25) is 7.37 Å². The zero-order valence-corrected chi connectivity index (χ0v) is 15.2. The van der Waals surface area contributed by atoms with E-state index in [1.165, 1.54) is 0 Å². The molecule has 0 saturated heterocycles. The molecular weight excluding hydrogens is 255 g/mol. The van der Waals surface area contributed by atoms with Crippen LogP contribution in [-0.2, 0) is 4.57 Å². The largest absolute Gasteiger partial charge is 0.344 e. The van der Waals surface area contributed by atoms with Crippen molar-refractivity contribution in [3.05, 3.63) is 0 Å². The second kappa shape index (κ2) is 6.76. The van der Waals surface area contributed by atoms with Gasteiger partial charge in [-0.1, -0.05) is 68.2 Å². The fourth-order valence-corrected chi connectivity index (χ4v) is 5.85. The molecule has 3 heteroatoms. The Bertz CT molecular complexity index is 293. The van der Waals surface area contributed by atoms with Crippen molar-refractivity contribution in [3.8, 4) is 0 Å². The van der Waals surface area contributed by atoms with Crippen LogP contribution in [0.5, 0.6) is 0 Å². The summed E-state index contributed by atoms with van der Waals surface area (Å²) in [5.74, 6) is 0.530. The highest BCUT2D eigenvalue weighted by atomic mass is 31.2. The Morgan fingerprint density at radius 1 is 0.895 bits per heavy atom. The van der Waals surface area contributed by atoms with E-state index >= 15 is 0 Å². The summed E-state index contributed by atoms with van der Waals surface area (Å²) < 4.78 is 13.2. The third-order valence-corrected chi connectivity index (χ3v) is 9.42. The first-order valence-corrected chi connectivity index (χ1v) is 9.45. The fraction of sp³-hybridized carbons (Fsp3) is 1.00. The van der Waals surface area contributed by atoms with E-state index in [2.05, 4.69) is 27.7 Å². The normalized spacial score (nSPS) is 19.8. The Morgan fingerprint density at radius 2 is 1.16 bits per heavy atom. The standard InChI is InChI=1S/C16H35O2P/c1-9-11-13(3)15(5,6)19(17,18)16(7,8)14(4)12-10-2/h13-14H,9-12H2,1-8H3,(H,17,18). The van der Waals surface area contributed by atoms with E-state index in [1.807, 2.05) is 27.7 Å². The Kier molecular flexibility index (Phi) is 6.83. The second-order valence-electron chi connectivity index (χ2n) is 7.26. The molecule has 0 radical (unpaired) electrons. The molecule has 0 aliphatic heterocycles. The van der Waals surface area contributed by atoms with Crippen molar-refractivity contribution in [2.45, 2.75) is 91.4 Å². The van der Waals surface area contributed by atoms with Gasteiger partial charge in [0.1, 0.15) is 0 Å². The van der Waals surface area contributed by atoms with E-state index in [1.54, 1.807) is 0 Å². The molecule has 0 aromatic heterocycles. The van der Waals surface area contributed by atoms with Crippen LogP contribution in [0.4, 0.5) is 0 Å². The summed E-state index contributed by atoms with van der Waals surface area (Å²) >= 11 is 0. The van der Waals surface area contributed by atoms with Crippen molar-refractivity contribution in [2.24, 2.45) is 11.8 Å². The van der Waals surface area contributed by atoms with Crippen molar-refractivity contribution < 1.29 is 9.46 Å². The number of rotatable bonds is 8. The van der Waals surface area contributed by atoms with E-state index in [0.29, 0.717) is 0 Å². The van der Waals surface area contributed by atoms with Gasteiger partial charge in [-0.15, -0.1) is 0 Å². The highest BCUT2D eigenvalue weighted by Gasteiger charge is 2.54. The summed E-state index contributed by atoms with van der Waals surface area (Å²) in [6.07, 6.45) is 4.15. The van der Waals surface area contributed by atoms with Crippen LogP contribution < -0.4 is 0 Å². The first kappa shape index (κ1) is 19.2. The maximum Gasteiger partial charge on any atom is 0.211 e.